The van der Waals surface area contributed by atoms with Crippen LogP contribution in [0.15, 0.2) is 42.6 Å². The Bertz CT molecular complexity index is 505. The summed E-state index contributed by atoms with van der Waals surface area (Å²) in [5.74, 6) is 0.580. The molecule has 1 aromatic carbocycles. The van der Waals surface area contributed by atoms with Crippen molar-refractivity contribution in [1.29, 1.82) is 0 Å². The maximum Gasteiger partial charge on any atom is 0.123 e. The van der Waals surface area contributed by atoms with E-state index >= 15 is 0 Å². The molecule has 0 aliphatic rings. The summed E-state index contributed by atoms with van der Waals surface area (Å²) in [6.45, 7) is 3.91. The minimum absolute atomic E-state index is 0.580. The average Bonchev–Trinajstić information content (AvgIpc) is 2.32. The lowest BCUT2D eigenvalue weighted by Gasteiger charge is -2.17. The highest BCUT2D eigenvalue weighted by atomic mass is 15.1. The Labute approximate surface area is 108 Å². The third-order valence-corrected chi connectivity index (χ3v) is 2.87. The zero-order valence-electron chi connectivity index (χ0n) is 10.9. The molecule has 0 unspecified atom stereocenters. The highest BCUT2D eigenvalue weighted by Gasteiger charge is 2.02. The van der Waals surface area contributed by atoms with E-state index in [1.54, 1.807) is 6.20 Å². The van der Waals surface area contributed by atoms with Crippen LogP contribution in [0.1, 0.15) is 16.7 Å². The van der Waals surface area contributed by atoms with Crippen molar-refractivity contribution < 1.29 is 0 Å². The molecule has 2 aromatic rings. The quantitative estimate of drug-likeness (QED) is 0.894. The smallest absolute Gasteiger partial charge is 0.123 e. The van der Waals surface area contributed by atoms with Crippen molar-refractivity contribution in [3.63, 3.8) is 0 Å². The summed E-state index contributed by atoms with van der Waals surface area (Å²) in [7, 11) is 2.11. The van der Waals surface area contributed by atoms with Gasteiger partial charge in [0.15, 0.2) is 0 Å². The largest absolute Gasteiger partial charge is 0.384 e. The minimum atomic E-state index is 0.580. The first-order valence-corrected chi connectivity index (χ1v) is 6.08. The van der Waals surface area contributed by atoms with Crippen LogP contribution in [-0.2, 0) is 13.1 Å². The number of aryl methyl sites for hydroxylation is 1. The third-order valence-electron chi connectivity index (χ3n) is 2.87. The second-order valence-corrected chi connectivity index (χ2v) is 4.75. The normalized spacial score (nSPS) is 10.8. The molecule has 0 fully saturated rings. The molecule has 1 heterocycles. The molecule has 3 nitrogen and oxygen atoms in total. The number of hydrogen-bond acceptors (Lipinski definition) is 3. The molecular weight excluding hydrogens is 222 g/mol. The lowest BCUT2D eigenvalue weighted by Crippen LogP contribution is -2.17. The van der Waals surface area contributed by atoms with E-state index in [4.69, 9.17) is 5.73 Å². The van der Waals surface area contributed by atoms with E-state index in [-0.39, 0.29) is 0 Å². The predicted molar refractivity (Wildman–Crippen MR) is 75.0 cm³/mol. The molecule has 0 bridgehead atoms. The Balaban J connectivity index is 1.96. The summed E-state index contributed by atoms with van der Waals surface area (Å²) >= 11 is 0. The third kappa shape index (κ3) is 3.57. The molecule has 2 N–H and O–H groups in total. The Kier molecular flexibility index (Phi) is 3.95. The molecule has 0 amide bonds. The highest BCUT2D eigenvalue weighted by molar-refractivity contribution is 5.31. The zero-order valence-corrected chi connectivity index (χ0v) is 10.9. The second-order valence-electron chi connectivity index (χ2n) is 4.75. The van der Waals surface area contributed by atoms with Crippen LogP contribution < -0.4 is 5.73 Å². The Morgan fingerprint density at radius 3 is 2.39 bits per heavy atom. The van der Waals surface area contributed by atoms with Gasteiger partial charge in [-0.2, -0.15) is 0 Å². The first-order chi connectivity index (χ1) is 8.63. The van der Waals surface area contributed by atoms with Crippen molar-refractivity contribution in [2.75, 3.05) is 12.8 Å². The van der Waals surface area contributed by atoms with Crippen LogP contribution in [0.3, 0.4) is 0 Å². The summed E-state index contributed by atoms with van der Waals surface area (Å²) < 4.78 is 0. The highest BCUT2D eigenvalue weighted by Crippen LogP contribution is 2.10. The number of nitrogens with zero attached hydrogens (tertiary/aromatic N) is 2. The number of aromatic nitrogens is 1. The Morgan fingerprint density at radius 2 is 1.72 bits per heavy atom. The van der Waals surface area contributed by atoms with Crippen LogP contribution in [0.2, 0.25) is 0 Å². The van der Waals surface area contributed by atoms with Gasteiger partial charge in [-0.3, -0.25) is 4.90 Å². The summed E-state index contributed by atoms with van der Waals surface area (Å²) in [6, 6.07) is 12.6. The van der Waals surface area contributed by atoms with Gasteiger partial charge in [0.2, 0.25) is 0 Å². The molecule has 0 saturated heterocycles. The van der Waals surface area contributed by atoms with E-state index in [0.717, 1.165) is 13.1 Å². The zero-order chi connectivity index (χ0) is 13.0. The van der Waals surface area contributed by atoms with Crippen LogP contribution in [0.5, 0.6) is 0 Å². The van der Waals surface area contributed by atoms with Gasteiger partial charge in [0.1, 0.15) is 5.82 Å². The fourth-order valence-electron chi connectivity index (χ4n) is 1.97. The van der Waals surface area contributed by atoms with Gasteiger partial charge in [0, 0.05) is 19.3 Å². The van der Waals surface area contributed by atoms with Gasteiger partial charge >= 0.3 is 0 Å². The van der Waals surface area contributed by atoms with E-state index in [1.165, 1.54) is 16.7 Å². The summed E-state index contributed by atoms with van der Waals surface area (Å²) in [5, 5.41) is 0. The van der Waals surface area contributed by atoms with Gasteiger partial charge < -0.3 is 5.73 Å². The topological polar surface area (TPSA) is 42.2 Å². The van der Waals surface area contributed by atoms with E-state index in [9.17, 15) is 0 Å². The number of nitrogens with two attached hydrogens (primary N) is 1. The van der Waals surface area contributed by atoms with E-state index in [2.05, 4.69) is 48.1 Å². The lowest BCUT2D eigenvalue weighted by molar-refractivity contribution is 0.319. The minimum Gasteiger partial charge on any atom is -0.384 e. The van der Waals surface area contributed by atoms with Crippen molar-refractivity contribution in [2.24, 2.45) is 0 Å². The molecule has 0 radical (unpaired) electrons. The van der Waals surface area contributed by atoms with Crippen molar-refractivity contribution in [3.05, 3.63) is 59.3 Å². The fraction of sp³-hybridized carbons (Fsp3) is 0.267. The summed E-state index contributed by atoms with van der Waals surface area (Å²) in [6.07, 6.45) is 1.75. The number of rotatable bonds is 4. The molecule has 0 saturated carbocycles. The molecule has 0 atom stereocenters. The van der Waals surface area contributed by atoms with E-state index in [1.807, 2.05) is 12.1 Å². The molecule has 2 rings (SSSR count). The summed E-state index contributed by atoms with van der Waals surface area (Å²) in [4.78, 5) is 6.26. The van der Waals surface area contributed by atoms with Gasteiger partial charge in [-0.1, -0.05) is 29.8 Å². The van der Waals surface area contributed by atoms with E-state index in [0.29, 0.717) is 5.82 Å². The number of benzene rings is 1. The maximum absolute atomic E-state index is 5.67. The number of anilines is 1. The molecule has 1 aromatic heterocycles. The van der Waals surface area contributed by atoms with Crippen molar-refractivity contribution >= 4 is 5.82 Å². The van der Waals surface area contributed by atoms with Crippen LogP contribution in [0.25, 0.3) is 0 Å². The summed E-state index contributed by atoms with van der Waals surface area (Å²) in [5.41, 5.74) is 9.48. The van der Waals surface area contributed by atoms with Crippen molar-refractivity contribution in [2.45, 2.75) is 20.0 Å². The monoisotopic (exact) mass is 241 g/mol. The van der Waals surface area contributed by atoms with Crippen LogP contribution in [-0.4, -0.2) is 16.9 Å². The Morgan fingerprint density at radius 1 is 1.06 bits per heavy atom. The van der Waals surface area contributed by atoms with Crippen LogP contribution >= 0.6 is 0 Å². The lowest BCUT2D eigenvalue weighted by atomic mass is 10.1. The van der Waals surface area contributed by atoms with Gasteiger partial charge in [-0.25, -0.2) is 4.98 Å². The molecule has 0 aliphatic heterocycles. The van der Waals surface area contributed by atoms with Gasteiger partial charge in [-0.15, -0.1) is 0 Å². The van der Waals surface area contributed by atoms with Crippen LogP contribution in [0.4, 0.5) is 5.82 Å². The Hall–Kier alpha value is -1.87. The van der Waals surface area contributed by atoms with Crippen molar-refractivity contribution in [3.8, 4) is 0 Å². The number of nitrogen functional groups attached to an aromatic ring is 1. The molecule has 0 aliphatic carbocycles. The molecule has 3 heteroatoms. The molecule has 0 spiro atoms. The van der Waals surface area contributed by atoms with Gasteiger partial charge in [-0.05, 0) is 37.2 Å². The van der Waals surface area contributed by atoms with Crippen molar-refractivity contribution in [1.82, 2.24) is 9.88 Å². The number of pyridine rings is 1. The average molecular weight is 241 g/mol. The maximum atomic E-state index is 5.67. The molecular formula is C15H19N3. The van der Waals surface area contributed by atoms with Gasteiger partial charge in [0.25, 0.3) is 0 Å². The number of hydrogen-bond donors (Lipinski definition) is 1. The fourth-order valence-corrected chi connectivity index (χ4v) is 1.97. The SMILES string of the molecule is Cc1ccc(CN(C)Cc2ccnc(N)c2)cc1. The standard InChI is InChI=1S/C15H19N3/c1-12-3-5-13(6-4-12)10-18(2)11-14-7-8-17-15(16)9-14/h3-9H,10-11H2,1-2H3,(H2,16,17). The first-order valence-electron chi connectivity index (χ1n) is 6.08. The van der Waals surface area contributed by atoms with E-state index < -0.39 is 0 Å². The van der Waals surface area contributed by atoms with Crippen LogP contribution in [0, 0.1) is 6.92 Å². The first kappa shape index (κ1) is 12.6. The van der Waals surface area contributed by atoms with Gasteiger partial charge in [0.05, 0.1) is 0 Å². The molecule has 18 heavy (non-hydrogen) atoms. The predicted octanol–water partition coefficient (Wildman–Crippen LogP) is 2.60. The molecule has 94 valence electrons. The second kappa shape index (κ2) is 5.65.